The third-order valence-electron chi connectivity index (χ3n) is 6.08. The SMILES string of the molecule is CC(=O)N1CC2CC(/C=C/c3cnc4ccccc4c3)=C(C(=O)[O-])N3C(=O)C1[C@@H]23.[Na+]. The molecule has 0 aliphatic carbocycles. The third-order valence-corrected chi connectivity index (χ3v) is 6.08. The van der Waals surface area contributed by atoms with E-state index < -0.39 is 12.0 Å². The molecule has 30 heavy (non-hydrogen) atoms. The van der Waals surface area contributed by atoms with Gasteiger partial charge in [0, 0.05) is 31.0 Å². The summed E-state index contributed by atoms with van der Waals surface area (Å²) < 4.78 is 0. The number of hydrogen-bond donors (Lipinski definition) is 0. The van der Waals surface area contributed by atoms with Gasteiger partial charge in [-0.3, -0.25) is 14.6 Å². The van der Waals surface area contributed by atoms with Gasteiger partial charge in [0.25, 0.3) is 5.91 Å². The molecule has 1 aromatic heterocycles. The van der Waals surface area contributed by atoms with E-state index in [-0.39, 0.29) is 59.0 Å². The van der Waals surface area contributed by atoms with Gasteiger partial charge < -0.3 is 19.7 Å². The van der Waals surface area contributed by atoms with Crippen LogP contribution in [0.4, 0.5) is 0 Å². The molecule has 5 rings (SSSR count). The van der Waals surface area contributed by atoms with Crippen LogP contribution in [0.3, 0.4) is 0 Å². The first kappa shape index (κ1) is 20.8. The number of fused-ring (bicyclic) bond motifs is 1. The van der Waals surface area contributed by atoms with Gasteiger partial charge >= 0.3 is 29.6 Å². The number of benzene rings is 1. The van der Waals surface area contributed by atoms with E-state index in [1.54, 1.807) is 23.2 Å². The van der Waals surface area contributed by atoms with E-state index in [4.69, 9.17) is 0 Å². The van der Waals surface area contributed by atoms with E-state index in [1.165, 1.54) is 11.8 Å². The van der Waals surface area contributed by atoms with Crippen LogP contribution in [0.2, 0.25) is 0 Å². The molecule has 0 saturated carbocycles. The fourth-order valence-corrected chi connectivity index (χ4v) is 4.81. The second kappa shape index (κ2) is 7.65. The van der Waals surface area contributed by atoms with Crippen molar-refractivity contribution in [3.8, 4) is 0 Å². The van der Waals surface area contributed by atoms with Gasteiger partial charge in [-0.25, -0.2) is 0 Å². The van der Waals surface area contributed by atoms with Crippen molar-refractivity contribution >= 4 is 34.8 Å². The fraction of sp³-hybridized carbons (Fsp3) is 0.273. The van der Waals surface area contributed by atoms with E-state index >= 15 is 0 Å². The molecule has 2 fully saturated rings. The largest absolute Gasteiger partial charge is 1.00 e. The van der Waals surface area contributed by atoms with Crippen molar-refractivity contribution in [3.63, 3.8) is 0 Å². The Morgan fingerprint density at radius 3 is 2.73 bits per heavy atom. The molecule has 4 heterocycles. The first-order valence-corrected chi connectivity index (χ1v) is 9.53. The molecule has 2 amide bonds. The Bertz CT molecular complexity index is 1140. The van der Waals surface area contributed by atoms with E-state index in [2.05, 4.69) is 4.98 Å². The number of likely N-dealkylation sites (tertiary alicyclic amines) is 1. The molecular weight excluding hydrogens is 393 g/mol. The zero-order valence-electron chi connectivity index (χ0n) is 16.7. The molecule has 7 nitrogen and oxygen atoms in total. The third kappa shape index (κ3) is 3.09. The monoisotopic (exact) mass is 411 g/mol. The number of carboxylic acids is 1. The average Bonchev–Trinajstić information content (AvgIpc) is 3.08. The molecule has 146 valence electrons. The predicted molar refractivity (Wildman–Crippen MR) is 103 cm³/mol. The van der Waals surface area contributed by atoms with Crippen molar-refractivity contribution in [1.29, 1.82) is 0 Å². The van der Waals surface area contributed by atoms with Crippen molar-refractivity contribution in [3.05, 3.63) is 59.4 Å². The summed E-state index contributed by atoms with van der Waals surface area (Å²) in [6.07, 6.45) is 5.73. The Labute approximate surface area is 195 Å². The van der Waals surface area contributed by atoms with E-state index in [1.807, 2.05) is 30.3 Å². The number of aliphatic carboxylic acids is 1. The molecule has 2 saturated heterocycles. The number of carboxylic acid groups (broad SMARTS) is 1. The van der Waals surface area contributed by atoms with Crippen molar-refractivity contribution in [2.45, 2.75) is 25.4 Å². The van der Waals surface area contributed by atoms with Gasteiger partial charge in [0.05, 0.1) is 23.2 Å². The van der Waals surface area contributed by atoms with Crippen LogP contribution in [0.15, 0.2) is 53.9 Å². The van der Waals surface area contributed by atoms with Gasteiger partial charge in [-0.1, -0.05) is 30.4 Å². The summed E-state index contributed by atoms with van der Waals surface area (Å²) in [5.41, 5.74) is 2.17. The zero-order valence-corrected chi connectivity index (χ0v) is 18.7. The normalized spacial score (nSPS) is 24.7. The molecule has 2 aromatic rings. The number of nitrogens with zero attached hydrogens (tertiary/aromatic N) is 3. The van der Waals surface area contributed by atoms with Crippen LogP contribution < -0.4 is 34.7 Å². The minimum Gasteiger partial charge on any atom is -0.543 e. The Kier molecular flexibility index (Phi) is 5.30. The Morgan fingerprint density at radius 2 is 2.00 bits per heavy atom. The van der Waals surface area contributed by atoms with Gasteiger partial charge in [-0.15, -0.1) is 0 Å². The summed E-state index contributed by atoms with van der Waals surface area (Å²) in [6, 6.07) is 8.91. The topological polar surface area (TPSA) is 93.6 Å². The molecular formula is C22H18N3NaO4. The van der Waals surface area contributed by atoms with E-state index in [0.717, 1.165) is 16.5 Å². The summed E-state index contributed by atoms with van der Waals surface area (Å²) in [7, 11) is 0. The van der Waals surface area contributed by atoms with E-state index in [0.29, 0.717) is 18.5 Å². The fourth-order valence-electron chi connectivity index (χ4n) is 4.81. The maximum absolute atomic E-state index is 12.6. The summed E-state index contributed by atoms with van der Waals surface area (Å²) in [4.78, 5) is 43.6. The summed E-state index contributed by atoms with van der Waals surface area (Å²) in [5, 5.41) is 12.8. The number of allylic oxidation sites excluding steroid dienone is 2. The van der Waals surface area contributed by atoms with Crippen LogP contribution >= 0.6 is 0 Å². The number of para-hydroxylation sites is 1. The van der Waals surface area contributed by atoms with Gasteiger partial charge in [-0.2, -0.15) is 0 Å². The van der Waals surface area contributed by atoms with Crippen LogP contribution in [0.5, 0.6) is 0 Å². The number of rotatable bonds is 3. The number of hydrogen-bond acceptors (Lipinski definition) is 5. The first-order valence-electron chi connectivity index (χ1n) is 9.53. The molecule has 8 heteroatoms. The number of β-lactam (4-membered cyclic amide) rings is 1. The number of pyridine rings is 1. The minimum absolute atomic E-state index is 0. The summed E-state index contributed by atoms with van der Waals surface area (Å²) in [6.45, 7) is 1.90. The maximum atomic E-state index is 12.6. The van der Waals surface area contributed by atoms with E-state index in [9.17, 15) is 19.5 Å². The Hall–Kier alpha value is -2.48. The number of aromatic nitrogens is 1. The molecule has 1 aromatic carbocycles. The molecule has 0 radical (unpaired) electrons. The van der Waals surface area contributed by atoms with Crippen LogP contribution in [0.25, 0.3) is 17.0 Å². The smallest absolute Gasteiger partial charge is 0.543 e. The Morgan fingerprint density at radius 1 is 1.23 bits per heavy atom. The maximum Gasteiger partial charge on any atom is 1.00 e. The van der Waals surface area contributed by atoms with Crippen LogP contribution in [-0.4, -0.2) is 51.2 Å². The van der Waals surface area contributed by atoms with Gasteiger partial charge in [0.2, 0.25) is 5.91 Å². The van der Waals surface area contributed by atoms with Crippen molar-refractivity contribution in [1.82, 2.24) is 14.8 Å². The predicted octanol–water partition coefficient (Wildman–Crippen LogP) is -2.28. The van der Waals surface area contributed by atoms with Gasteiger partial charge in [-0.05, 0) is 29.7 Å². The number of amides is 2. The first-order chi connectivity index (χ1) is 14.0. The molecule has 3 aliphatic rings. The van der Waals surface area contributed by atoms with Crippen molar-refractivity contribution in [2.24, 2.45) is 5.92 Å². The van der Waals surface area contributed by atoms with Crippen LogP contribution in [-0.2, 0) is 14.4 Å². The number of carbonyl (C=O) groups is 3. The minimum atomic E-state index is -1.37. The van der Waals surface area contributed by atoms with Gasteiger partial charge in [0.1, 0.15) is 6.04 Å². The molecule has 3 aliphatic heterocycles. The van der Waals surface area contributed by atoms with Crippen LogP contribution in [0.1, 0.15) is 18.9 Å². The standard InChI is InChI=1S/C22H19N3O4.Na/c1-12(26)24-11-16-9-15(19(22(28)29)25-18(16)20(24)21(25)27)7-6-13-8-14-4-2-3-5-17(14)23-10-13;/h2-8,10,16,18,20H,9,11H2,1H3,(H,28,29);/q;+1/p-1/b7-6+;/t16?,18-,20?;/m1./s1. The summed E-state index contributed by atoms with van der Waals surface area (Å²) >= 11 is 0. The average molecular weight is 411 g/mol. The van der Waals surface area contributed by atoms with Crippen molar-refractivity contribution in [2.75, 3.05) is 6.54 Å². The quantitative estimate of drug-likeness (QED) is 0.419. The number of carbonyl (C=O) groups excluding carboxylic acids is 3. The second-order valence-corrected chi connectivity index (χ2v) is 7.74. The molecule has 0 spiro atoms. The summed E-state index contributed by atoms with van der Waals surface area (Å²) in [5.74, 6) is -1.84. The Balaban J connectivity index is 0.00000218. The molecule has 3 atom stereocenters. The van der Waals surface area contributed by atoms with Crippen LogP contribution in [0, 0.1) is 5.92 Å². The second-order valence-electron chi connectivity index (χ2n) is 7.74. The van der Waals surface area contributed by atoms with Gasteiger partial charge in [0.15, 0.2) is 0 Å². The zero-order chi connectivity index (χ0) is 20.3. The van der Waals surface area contributed by atoms with Crippen molar-refractivity contribution < 1.29 is 49.0 Å². The molecule has 0 N–H and O–H groups in total. The molecule has 0 bridgehead atoms. The molecule has 2 unspecified atom stereocenters.